The van der Waals surface area contributed by atoms with Gasteiger partial charge in [-0.1, -0.05) is 54.1 Å². The number of halogens is 1. The maximum atomic E-state index is 13.4. The molecule has 1 spiro atoms. The topological polar surface area (TPSA) is 57.0 Å². The number of urea groups is 1. The van der Waals surface area contributed by atoms with Gasteiger partial charge in [0.25, 0.3) is 5.91 Å². The molecular formula is C27H28ClN3O3. The van der Waals surface area contributed by atoms with Gasteiger partial charge in [0.1, 0.15) is 17.1 Å². The molecule has 5 rings (SSSR count). The fourth-order valence-corrected chi connectivity index (χ4v) is 5.23. The van der Waals surface area contributed by atoms with E-state index in [0.717, 1.165) is 35.7 Å². The van der Waals surface area contributed by atoms with E-state index >= 15 is 0 Å². The third-order valence-electron chi connectivity index (χ3n) is 7.10. The molecule has 3 aromatic rings. The van der Waals surface area contributed by atoms with Crippen molar-refractivity contribution in [2.45, 2.75) is 31.3 Å². The number of benzene rings is 2. The van der Waals surface area contributed by atoms with Crippen LogP contribution in [0, 0.1) is 0 Å². The lowest BCUT2D eigenvalue weighted by atomic mass is 9.86. The van der Waals surface area contributed by atoms with Gasteiger partial charge in [-0.25, -0.2) is 4.79 Å². The van der Waals surface area contributed by atoms with Crippen LogP contribution in [-0.2, 0) is 17.8 Å². The summed E-state index contributed by atoms with van der Waals surface area (Å²) in [5, 5.41) is 0.675. The zero-order valence-corrected chi connectivity index (χ0v) is 20.0. The van der Waals surface area contributed by atoms with E-state index in [2.05, 4.69) is 4.90 Å². The van der Waals surface area contributed by atoms with Crippen LogP contribution < -0.4 is 0 Å². The highest BCUT2D eigenvalue weighted by Crippen LogP contribution is 2.37. The van der Waals surface area contributed by atoms with Gasteiger partial charge in [0, 0.05) is 37.3 Å². The predicted molar refractivity (Wildman–Crippen MR) is 131 cm³/mol. The highest BCUT2D eigenvalue weighted by atomic mass is 35.5. The molecule has 2 saturated heterocycles. The minimum Gasteiger partial charge on any atom is -0.460 e. The van der Waals surface area contributed by atoms with Gasteiger partial charge in [0.05, 0.1) is 6.54 Å². The first-order valence-electron chi connectivity index (χ1n) is 11.7. The fraction of sp³-hybridized carbons (Fsp3) is 0.333. The quantitative estimate of drug-likeness (QED) is 0.465. The summed E-state index contributed by atoms with van der Waals surface area (Å²) in [6.45, 7) is 2.53. The molecule has 0 atom stereocenters. The molecule has 2 aromatic carbocycles. The molecule has 176 valence electrons. The molecule has 6 nitrogen and oxygen atoms in total. The molecule has 2 fully saturated rings. The Morgan fingerprint density at radius 1 is 0.971 bits per heavy atom. The standard InChI is InChI=1S/C27H28ClN3O3/c1-29-26(33)31(15-12-20-6-3-2-4-7-20)25(32)27(29)13-16-30(17-14-27)19-23-10-11-24(34-23)21-8-5-9-22(28)18-21/h2-11,18H,12-17,19H2,1H3. The highest BCUT2D eigenvalue weighted by molar-refractivity contribution is 6.30. The Balaban J connectivity index is 1.21. The number of rotatable bonds is 6. The van der Waals surface area contributed by atoms with E-state index in [9.17, 15) is 9.59 Å². The number of piperidine rings is 1. The molecule has 2 aliphatic heterocycles. The van der Waals surface area contributed by atoms with Crippen molar-refractivity contribution in [1.82, 2.24) is 14.7 Å². The van der Waals surface area contributed by atoms with Gasteiger partial charge in [0.15, 0.2) is 0 Å². The van der Waals surface area contributed by atoms with Crippen LogP contribution in [-0.4, -0.2) is 58.9 Å². The number of likely N-dealkylation sites (tertiary alicyclic amines) is 1. The van der Waals surface area contributed by atoms with Crippen molar-refractivity contribution in [1.29, 1.82) is 0 Å². The Morgan fingerprint density at radius 2 is 1.74 bits per heavy atom. The monoisotopic (exact) mass is 477 g/mol. The molecular weight excluding hydrogens is 450 g/mol. The molecule has 0 unspecified atom stereocenters. The van der Waals surface area contributed by atoms with Crippen LogP contribution in [0.3, 0.4) is 0 Å². The van der Waals surface area contributed by atoms with Crippen LogP contribution in [0.4, 0.5) is 4.79 Å². The van der Waals surface area contributed by atoms with E-state index in [4.69, 9.17) is 16.0 Å². The molecule has 0 aliphatic carbocycles. The molecule has 3 amide bonds. The molecule has 2 aliphatic rings. The number of carbonyl (C=O) groups is 2. The molecule has 0 bridgehead atoms. The molecule has 34 heavy (non-hydrogen) atoms. The Kier molecular flexibility index (Phi) is 6.19. The average molecular weight is 478 g/mol. The average Bonchev–Trinajstić information content (AvgIpc) is 3.38. The molecule has 0 saturated carbocycles. The lowest BCUT2D eigenvalue weighted by molar-refractivity contribution is -0.135. The van der Waals surface area contributed by atoms with Gasteiger partial charge in [-0.15, -0.1) is 0 Å². The Bertz CT molecular complexity index is 1180. The zero-order valence-electron chi connectivity index (χ0n) is 19.2. The Labute approximate surface area is 204 Å². The summed E-state index contributed by atoms with van der Waals surface area (Å²) in [6.07, 6.45) is 1.91. The van der Waals surface area contributed by atoms with Crippen molar-refractivity contribution in [2.24, 2.45) is 0 Å². The maximum absolute atomic E-state index is 13.4. The van der Waals surface area contributed by atoms with Crippen LogP contribution in [0.15, 0.2) is 71.1 Å². The van der Waals surface area contributed by atoms with Crippen molar-refractivity contribution >= 4 is 23.5 Å². The largest absolute Gasteiger partial charge is 0.460 e. The molecule has 3 heterocycles. The second-order valence-corrected chi connectivity index (χ2v) is 9.55. The number of carbonyl (C=O) groups excluding carboxylic acids is 2. The first-order valence-corrected chi connectivity index (χ1v) is 12.0. The number of hydrogen-bond donors (Lipinski definition) is 0. The molecule has 0 N–H and O–H groups in total. The van der Waals surface area contributed by atoms with Crippen LogP contribution >= 0.6 is 11.6 Å². The number of likely N-dealkylation sites (N-methyl/N-ethyl adjacent to an activating group) is 1. The van der Waals surface area contributed by atoms with Crippen molar-refractivity contribution in [2.75, 3.05) is 26.7 Å². The predicted octanol–water partition coefficient (Wildman–Crippen LogP) is 5.07. The third kappa shape index (κ3) is 4.24. The lowest BCUT2D eigenvalue weighted by Gasteiger charge is -2.40. The summed E-state index contributed by atoms with van der Waals surface area (Å²) in [6, 6.07) is 21.3. The summed E-state index contributed by atoms with van der Waals surface area (Å²) in [4.78, 5) is 31.7. The van der Waals surface area contributed by atoms with Crippen LogP contribution in [0.2, 0.25) is 5.02 Å². The van der Waals surface area contributed by atoms with Crippen molar-refractivity contribution < 1.29 is 14.0 Å². The number of imide groups is 1. The first-order chi connectivity index (χ1) is 16.5. The van der Waals surface area contributed by atoms with E-state index in [-0.39, 0.29) is 11.9 Å². The normalized spacial score (nSPS) is 18.3. The van der Waals surface area contributed by atoms with Gasteiger partial charge >= 0.3 is 6.03 Å². The van der Waals surface area contributed by atoms with Gasteiger partial charge in [0.2, 0.25) is 0 Å². The summed E-state index contributed by atoms with van der Waals surface area (Å²) in [5.41, 5.74) is 1.33. The maximum Gasteiger partial charge on any atom is 0.327 e. The zero-order chi connectivity index (χ0) is 23.7. The summed E-state index contributed by atoms with van der Waals surface area (Å²) >= 11 is 6.10. The second kappa shape index (κ2) is 9.28. The van der Waals surface area contributed by atoms with Gasteiger partial charge in [-0.05, 0) is 49.1 Å². The van der Waals surface area contributed by atoms with E-state index < -0.39 is 5.54 Å². The Morgan fingerprint density at radius 3 is 2.47 bits per heavy atom. The summed E-state index contributed by atoms with van der Waals surface area (Å²) in [5.74, 6) is 1.60. The fourth-order valence-electron chi connectivity index (χ4n) is 5.04. The van der Waals surface area contributed by atoms with E-state index in [1.54, 1.807) is 11.9 Å². The smallest absolute Gasteiger partial charge is 0.327 e. The molecule has 1 aromatic heterocycles. The third-order valence-corrected chi connectivity index (χ3v) is 7.34. The van der Waals surface area contributed by atoms with Gasteiger partial charge in [-0.2, -0.15) is 0 Å². The van der Waals surface area contributed by atoms with Crippen LogP contribution in [0.1, 0.15) is 24.2 Å². The van der Waals surface area contributed by atoms with E-state index in [1.165, 1.54) is 4.90 Å². The summed E-state index contributed by atoms with van der Waals surface area (Å²) < 4.78 is 6.05. The summed E-state index contributed by atoms with van der Waals surface area (Å²) in [7, 11) is 1.77. The highest BCUT2D eigenvalue weighted by Gasteiger charge is 2.56. The van der Waals surface area contributed by atoms with Gasteiger partial charge in [-0.3, -0.25) is 14.6 Å². The van der Waals surface area contributed by atoms with Crippen molar-refractivity contribution in [3.05, 3.63) is 83.1 Å². The Hall–Kier alpha value is -3.09. The van der Waals surface area contributed by atoms with Gasteiger partial charge < -0.3 is 9.32 Å². The van der Waals surface area contributed by atoms with Crippen LogP contribution in [0.25, 0.3) is 11.3 Å². The minimum atomic E-state index is -0.737. The SMILES string of the molecule is CN1C(=O)N(CCc2ccccc2)C(=O)C12CCN(Cc1ccc(-c3cccc(Cl)c3)o1)CC2. The van der Waals surface area contributed by atoms with Crippen molar-refractivity contribution in [3.63, 3.8) is 0 Å². The lowest BCUT2D eigenvalue weighted by Crippen LogP contribution is -2.55. The van der Waals surface area contributed by atoms with E-state index in [0.29, 0.717) is 37.4 Å². The number of hydrogen-bond acceptors (Lipinski definition) is 4. The van der Waals surface area contributed by atoms with Crippen LogP contribution in [0.5, 0.6) is 0 Å². The van der Waals surface area contributed by atoms with Crippen molar-refractivity contribution in [3.8, 4) is 11.3 Å². The number of amides is 3. The second-order valence-electron chi connectivity index (χ2n) is 9.12. The molecule has 7 heteroatoms. The first kappa shape index (κ1) is 22.7. The number of nitrogens with zero attached hydrogens (tertiary/aromatic N) is 3. The van der Waals surface area contributed by atoms with E-state index in [1.807, 2.05) is 66.7 Å². The minimum absolute atomic E-state index is 0.0585. The molecule has 0 radical (unpaired) electrons. The number of furan rings is 1.